The molecule has 2 amide bonds. The van der Waals surface area contributed by atoms with Gasteiger partial charge in [-0.05, 0) is 25.7 Å². The molecule has 0 radical (unpaired) electrons. The van der Waals surface area contributed by atoms with Crippen molar-refractivity contribution in [1.82, 2.24) is 10.2 Å². The van der Waals surface area contributed by atoms with Crippen LogP contribution in [-0.4, -0.2) is 51.8 Å². The van der Waals surface area contributed by atoms with Crippen LogP contribution in [0.5, 0.6) is 0 Å². The molecule has 6 heteroatoms. The highest BCUT2D eigenvalue weighted by atomic mass is 16.4. The lowest BCUT2D eigenvalue weighted by Crippen LogP contribution is -2.55. The maximum Gasteiger partial charge on any atom is 0.326 e. The third kappa shape index (κ3) is 3.87. The summed E-state index contributed by atoms with van der Waals surface area (Å²) in [6.07, 6.45) is 1.38. The summed E-state index contributed by atoms with van der Waals surface area (Å²) >= 11 is 0. The van der Waals surface area contributed by atoms with Crippen molar-refractivity contribution in [1.29, 1.82) is 0 Å². The Bertz CT molecular complexity index is 328. The molecule has 3 N–H and O–H groups in total. The monoisotopic (exact) mass is 258 g/mol. The lowest BCUT2D eigenvalue weighted by molar-refractivity contribution is -0.140. The van der Waals surface area contributed by atoms with Crippen LogP contribution in [0.15, 0.2) is 0 Å². The van der Waals surface area contributed by atoms with E-state index in [2.05, 4.69) is 5.32 Å². The summed E-state index contributed by atoms with van der Waals surface area (Å²) in [7, 11) is 0. The van der Waals surface area contributed by atoms with Crippen molar-refractivity contribution < 1.29 is 19.8 Å². The number of likely N-dealkylation sites (tertiary alicyclic amines) is 1. The number of hydrogen-bond donors (Lipinski definition) is 3. The zero-order valence-electron chi connectivity index (χ0n) is 11.1. The highest BCUT2D eigenvalue weighted by molar-refractivity contribution is 5.82. The summed E-state index contributed by atoms with van der Waals surface area (Å²) in [6, 6.07) is -1.32. The molecule has 1 unspecified atom stereocenters. The van der Waals surface area contributed by atoms with Gasteiger partial charge >= 0.3 is 12.0 Å². The number of amides is 2. The molecule has 1 saturated heterocycles. The van der Waals surface area contributed by atoms with E-state index in [0.717, 1.165) is 6.42 Å². The average molecular weight is 258 g/mol. The smallest absolute Gasteiger partial charge is 0.326 e. The molecule has 18 heavy (non-hydrogen) atoms. The molecule has 1 rings (SSSR count). The maximum atomic E-state index is 11.9. The third-order valence-electron chi connectivity index (χ3n) is 3.17. The Kier molecular flexibility index (Phi) is 4.56. The summed E-state index contributed by atoms with van der Waals surface area (Å²) in [5, 5.41) is 21.4. The molecule has 6 nitrogen and oxygen atoms in total. The zero-order valence-corrected chi connectivity index (χ0v) is 11.1. The molecule has 2 atom stereocenters. The second-order valence-corrected chi connectivity index (χ2v) is 5.53. The van der Waals surface area contributed by atoms with E-state index in [1.54, 1.807) is 20.8 Å². The first-order valence-corrected chi connectivity index (χ1v) is 6.23. The van der Waals surface area contributed by atoms with E-state index >= 15 is 0 Å². The number of carbonyl (C=O) groups excluding carboxylic acids is 1. The standard InChI is InChI=1S/C12H22N2O4/c1-8(2)9(10(15)16)13-11(17)14-6-4-5-12(3,18)7-14/h8-9,18H,4-7H2,1-3H3,(H,13,17)(H,15,16)/t9-,12?/m0/s1. The van der Waals surface area contributed by atoms with Crippen LogP contribution in [0.2, 0.25) is 0 Å². The number of aliphatic hydroxyl groups is 1. The van der Waals surface area contributed by atoms with Gasteiger partial charge in [-0.2, -0.15) is 0 Å². The van der Waals surface area contributed by atoms with Crippen molar-refractivity contribution in [3.8, 4) is 0 Å². The zero-order chi connectivity index (χ0) is 13.9. The molecule has 0 aromatic heterocycles. The van der Waals surface area contributed by atoms with Crippen molar-refractivity contribution in [2.24, 2.45) is 5.92 Å². The first-order valence-electron chi connectivity index (χ1n) is 6.23. The largest absolute Gasteiger partial charge is 0.480 e. The van der Waals surface area contributed by atoms with Crippen molar-refractivity contribution in [3.63, 3.8) is 0 Å². The molecule has 1 fully saturated rings. The predicted octanol–water partition coefficient (Wildman–Crippen LogP) is 0.652. The highest BCUT2D eigenvalue weighted by Gasteiger charge is 2.33. The first kappa shape index (κ1) is 14.8. The lowest BCUT2D eigenvalue weighted by atomic mass is 9.95. The number of urea groups is 1. The Morgan fingerprint density at radius 3 is 2.44 bits per heavy atom. The van der Waals surface area contributed by atoms with Crippen molar-refractivity contribution in [3.05, 3.63) is 0 Å². The number of nitrogens with one attached hydrogen (secondary N) is 1. The summed E-state index contributed by atoms with van der Waals surface area (Å²) < 4.78 is 0. The first-order chi connectivity index (χ1) is 8.23. The van der Waals surface area contributed by atoms with Gasteiger partial charge in [0.05, 0.1) is 12.1 Å². The number of nitrogens with zero attached hydrogens (tertiary/aromatic N) is 1. The quantitative estimate of drug-likeness (QED) is 0.693. The summed E-state index contributed by atoms with van der Waals surface area (Å²) in [6.45, 7) is 5.95. The van der Waals surface area contributed by atoms with Crippen LogP contribution < -0.4 is 5.32 Å². The van der Waals surface area contributed by atoms with E-state index in [0.29, 0.717) is 13.0 Å². The van der Waals surface area contributed by atoms with Gasteiger partial charge < -0.3 is 20.4 Å². The Morgan fingerprint density at radius 1 is 1.39 bits per heavy atom. The predicted molar refractivity (Wildman–Crippen MR) is 66.2 cm³/mol. The second kappa shape index (κ2) is 5.56. The van der Waals surface area contributed by atoms with Crippen LogP contribution in [0.1, 0.15) is 33.6 Å². The highest BCUT2D eigenvalue weighted by Crippen LogP contribution is 2.20. The third-order valence-corrected chi connectivity index (χ3v) is 3.17. The minimum Gasteiger partial charge on any atom is -0.480 e. The number of aliphatic carboxylic acids is 1. The number of carboxylic acids is 1. The van der Waals surface area contributed by atoms with E-state index < -0.39 is 23.6 Å². The molecule has 0 aromatic carbocycles. The van der Waals surface area contributed by atoms with Gasteiger partial charge in [0.15, 0.2) is 0 Å². The molecule has 0 aliphatic carbocycles. The number of rotatable bonds is 3. The second-order valence-electron chi connectivity index (χ2n) is 5.53. The van der Waals surface area contributed by atoms with Gasteiger partial charge in [-0.1, -0.05) is 13.8 Å². The van der Waals surface area contributed by atoms with Crippen molar-refractivity contribution in [2.45, 2.75) is 45.3 Å². The van der Waals surface area contributed by atoms with Crippen molar-refractivity contribution >= 4 is 12.0 Å². The van der Waals surface area contributed by atoms with Crippen LogP contribution >= 0.6 is 0 Å². The van der Waals surface area contributed by atoms with E-state index in [1.165, 1.54) is 4.90 Å². The SMILES string of the molecule is CC(C)[C@H](NC(=O)N1CCCC(C)(O)C1)C(=O)O. The molecule has 104 valence electrons. The maximum absolute atomic E-state index is 11.9. The van der Waals surface area contributed by atoms with Gasteiger partial charge in [0.2, 0.25) is 0 Å². The van der Waals surface area contributed by atoms with Crippen LogP contribution in [0.4, 0.5) is 4.79 Å². The van der Waals surface area contributed by atoms with Crippen LogP contribution in [0.25, 0.3) is 0 Å². The molecule has 0 saturated carbocycles. The molecule has 0 spiro atoms. The Balaban J connectivity index is 2.61. The number of carbonyl (C=O) groups is 2. The summed E-state index contributed by atoms with van der Waals surface area (Å²) in [4.78, 5) is 24.4. The number of piperidine rings is 1. The molecule has 1 heterocycles. The van der Waals surface area contributed by atoms with E-state index in [1.807, 2.05) is 0 Å². The lowest BCUT2D eigenvalue weighted by Gasteiger charge is -2.37. The van der Waals surface area contributed by atoms with E-state index in [4.69, 9.17) is 5.11 Å². The van der Waals surface area contributed by atoms with Gasteiger partial charge in [-0.15, -0.1) is 0 Å². The van der Waals surface area contributed by atoms with Gasteiger partial charge in [0, 0.05) is 6.54 Å². The van der Waals surface area contributed by atoms with Crippen LogP contribution in [0.3, 0.4) is 0 Å². The molecular weight excluding hydrogens is 236 g/mol. The molecule has 1 aliphatic heterocycles. The van der Waals surface area contributed by atoms with Crippen molar-refractivity contribution in [2.75, 3.05) is 13.1 Å². The average Bonchev–Trinajstić information content (AvgIpc) is 2.23. The topological polar surface area (TPSA) is 89.9 Å². The van der Waals surface area contributed by atoms with E-state index in [-0.39, 0.29) is 12.5 Å². The number of hydrogen-bond acceptors (Lipinski definition) is 3. The molecule has 1 aliphatic rings. The fourth-order valence-electron chi connectivity index (χ4n) is 2.13. The van der Waals surface area contributed by atoms with Crippen LogP contribution in [-0.2, 0) is 4.79 Å². The Labute approximate surface area is 107 Å². The summed E-state index contributed by atoms with van der Waals surface area (Å²) in [5.74, 6) is -1.22. The normalized spacial score (nSPS) is 25.9. The molecular formula is C12H22N2O4. The van der Waals surface area contributed by atoms with Gasteiger partial charge in [0.25, 0.3) is 0 Å². The van der Waals surface area contributed by atoms with Gasteiger partial charge in [-0.3, -0.25) is 0 Å². The van der Waals surface area contributed by atoms with Crippen LogP contribution in [0, 0.1) is 5.92 Å². The fraction of sp³-hybridized carbons (Fsp3) is 0.833. The summed E-state index contributed by atoms with van der Waals surface area (Å²) in [5.41, 5.74) is -0.883. The Hall–Kier alpha value is -1.30. The number of carboxylic acid groups (broad SMARTS) is 1. The molecule has 0 aromatic rings. The minimum absolute atomic E-state index is 0.184. The fourth-order valence-corrected chi connectivity index (χ4v) is 2.13. The number of β-amino-alcohol motifs (C(OH)–C–C–N with tert-alkyl or cyclic N) is 1. The Morgan fingerprint density at radius 2 is 2.00 bits per heavy atom. The minimum atomic E-state index is -1.04. The van der Waals surface area contributed by atoms with E-state index in [9.17, 15) is 14.7 Å². The van der Waals surface area contributed by atoms with Gasteiger partial charge in [-0.25, -0.2) is 9.59 Å². The van der Waals surface area contributed by atoms with Gasteiger partial charge in [0.1, 0.15) is 6.04 Å². The molecule has 0 bridgehead atoms.